The SMILES string of the molecule is NC1(CC(=O)OCc2cccc(Br)c2)CCC1. The predicted octanol–water partition coefficient (Wildman–Crippen LogP) is 2.76. The van der Waals surface area contributed by atoms with Crippen LogP contribution in [0.3, 0.4) is 0 Å². The molecule has 1 saturated carbocycles. The summed E-state index contributed by atoms with van der Waals surface area (Å²) in [6, 6.07) is 7.73. The summed E-state index contributed by atoms with van der Waals surface area (Å²) in [5, 5.41) is 0. The molecule has 92 valence electrons. The smallest absolute Gasteiger partial charge is 0.307 e. The number of nitrogens with two attached hydrogens (primary N) is 1. The van der Waals surface area contributed by atoms with Crippen LogP contribution in [-0.4, -0.2) is 11.5 Å². The second-order valence-electron chi connectivity index (χ2n) is 4.68. The van der Waals surface area contributed by atoms with Gasteiger partial charge in [0.15, 0.2) is 0 Å². The highest BCUT2D eigenvalue weighted by molar-refractivity contribution is 9.10. The fraction of sp³-hybridized carbons (Fsp3) is 0.462. The number of carbonyl (C=O) groups is 1. The lowest BCUT2D eigenvalue weighted by Crippen LogP contribution is -2.48. The van der Waals surface area contributed by atoms with Crippen LogP contribution in [0.4, 0.5) is 0 Å². The Kier molecular flexibility index (Phi) is 3.84. The van der Waals surface area contributed by atoms with Gasteiger partial charge in [0.25, 0.3) is 0 Å². The molecule has 4 heteroatoms. The van der Waals surface area contributed by atoms with Crippen molar-refractivity contribution in [3.63, 3.8) is 0 Å². The lowest BCUT2D eigenvalue weighted by atomic mass is 9.75. The molecule has 2 rings (SSSR count). The predicted molar refractivity (Wildman–Crippen MR) is 69.3 cm³/mol. The molecule has 17 heavy (non-hydrogen) atoms. The molecule has 0 amide bonds. The first-order valence-corrected chi connectivity index (χ1v) is 6.56. The van der Waals surface area contributed by atoms with Crippen LogP contribution in [-0.2, 0) is 16.1 Å². The molecular formula is C13H16BrNO2. The average molecular weight is 298 g/mol. The summed E-state index contributed by atoms with van der Waals surface area (Å²) in [6.07, 6.45) is 3.31. The minimum Gasteiger partial charge on any atom is -0.461 e. The van der Waals surface area contributed by atoms with Gasteiger partial charge in [-0.1, -0.05) is 28.1 Å². The maximum atomic E-state index is 11.6. The van der Waals surface area contributed by atoms with Crippen LogP contribution in [0, 0.1) is 0 Å². The average Bonchev–Trinajstić information content (AvgIpc) is 2.24. The fourth-order valence-electron chi connectivity index (χ4n) is 1.94. The zero-order valence-electron chi connectivity index (χ0n) is 9.62. The van der Waals surface area contributed by atoms with Crippen LogP contribution >= 0.6 is 15.9 Å². The highest BCUT2D eigenvalue weighted by Gasteiger charge is 2.35. The molecule has 0 bridgehead atoms. The third-order valence-electron chi connectivity index (χ3n) is 3.13. The number of esters is 1. The van der Waals surface area contributed by atoms with Gasteiger partial charge in [-0.15, -0.1) is 0 Å². The molecule has 0 spiro atoms. The lowest BCUT2D eigenvalue weighted by molar-refractivity contribution is -0.147. The zero-order valence-corrected chi connectivity index (χ0v) is 11.2. The molecule has 0 heterocycles. The molecular weight excluding hydrogens is 282 g/mol. The standard InChI is InChI=1S/C13H16BrNO2/c14-11-4-1-3-10(7-11)9-17-12(16)8-13(15)5-2-6-13/h1,3-4,7H,2,5-6,8-9,15H2. The topological polar surface area (TPSA) is 52.3 Å². The van der Waals surface area contributed by atoms with Crippen molar-refractivity contribution in [1.29, 1.82) is 0 Å². The van der Waals surface area contributed by atoms with Gasteiger partial charge in [-0.2, -0.15) is 0 Å². The first-order valence-electron chi connectivity index (χ1n) is 5.76. The monoisotopic (exact) mass is 297 g/mol. The van der Waals surface area contributed by atoms with Crippen LogP contribution in [0.1, 0.15) is 31.2 Å². The van der Waals surface area contributed by atoms with Gasteiger partial charge in [0.1, 0.15) is 6.61 Å². The maximum absolute atomic E-state index is 11.6. The summed E-state index contributed by atoms with van der Waals surface area (Å²) >= 11 is 3.38. The number of ether oxygens (including phenoxy) is 1. The molecule has 0 radical (unpaired) electrons. The normalized spacial score (nSPS) is 17.3. The molecule has 2 N–H and O–H groups in total. The quantitative estimate of drug-likeness (QED) is 0.870. The summed E-state index contributed by atoms with van der Waals surface area (Å²) < 4.78 is 6.20. The maximum Gasteiger partial charge on any atom is 0.307 e. The summed E-state index contributed by atoms with van der Waals surface area (Å²) in [4.78, 5) is 11.6. The molecule has 0 aromatic heterocycles. The zero-order chi connectivity index (χ0) is 12.3. The first-order chi connectivity index (χ1) is 8.07. The van der Waals surface area contributed by atoms with Crippen molar-refractivity contribution in [1.82, 2.24) is 0 Å². The molecule has 1 aliphatic rings. The lowest BCUT2D eigenvalue weighted by Gasteiger charge is -2.37. The van der Waals surface area contributed by atoms with Gasteiger partial charge in [0, 0.05) is 10.0 Å². The second-order valence-corrected chi connectivity index (χ2v) is 5.60. The van der Waals surface area contributed by atoms with E-state index in [0.717, 1.165) is 29.3 Å². The van der Waals surface area contributed by atoms with E-state index in [0.29, 0.717) is 13.0 Å². The minimum absolute atomic E-state index is 0.202. The van der Waals surface area contributed by atoms with E-state index < -0.39 is 0 Å². The molecule has 0 saturated heterocycles. The molecule has 0 unspecified atom stereocenters. The Hall–Kier alpha value is -0.870. The molecule has 1 fully saturated rings. The van der Waals surface area contributed by atoms with Crippen LogP contribution in [0.15, 0.2) is 28.7 Å². The van der Waals surface area contributed by atoms with Gasteiger partial charge < -0.3 is 10.5 Å². The van der Waals surface area contributed by atoms with Crippen molar-refractivity contribution in [2.24, 2.45) is 5.73 Å². The number of hydrogen-bond acceptors (Lipinski definition) is 3. The van der Waals surface area contributed by atoms with Crippen molar-refractivity contribution in [2.45, 2.75) is 37.8 Å². The van der Waals surface area contributed by atoms with E-state index >= 15 is 0 Å². The Labute approximate surface area is 109 Å². The van der Waals surface area contributed by atoms with E-state index in [1.54, 1.807) is 0 Å². The Morgan fingerprint density at radius 3 is 2.82 bits per heavy atom. The van der Waals surface area contributed by atoms with Gasteiger partial charge in [0.05, 0.1) is 6.42 Å². The van der Waals surface area contributed by atoms with Gasteiger partial charge >= 0.3 is 5.97 Å². The van der Waals surface area contributed by atoms with E-state index in [2.05, 4.69) is 15.9 Å². The van der Waals surface area contributed by atoms with Crippen LogP contribution in [0.25, 0.3) is 0 Å². The Bertz CT molecular complexity index is 416. The first kappa shape index (κ1) is 12.6. The molecule has 3 nitrogen and oxygen atoms in total. The molecule has 1 aromatic rings. The van der Waals surface area contributed by atoms with Crippen LogP contribution in [0.2, 0.25) is 0 Å². The largest absolute Gasteiger partial charge is 0.461 e. The molecule has 1 aliphatic carbocycles. The van der Waals surface area contributed by atoms with Crippen molar-refractivity contribution in [3.05, 3.63) is 34.3 Å². The fourth-order valence-corrected chi connectivity index (χ4v) is 2.38. The van der Waals surface area contributed by atoms with E-state index in [9.17, 15) is 4.79 Å². The van der Waals surface area contributed by atoms with Gasteiger partial charge in [0.2, 0.25) is 0 Å². The van der Waals surface area contributed by atoms with Crippen molar-refractivity contribution < 1.29 is 9.53 Å². The summed E-state index contributed by atoms with van der Waals surface area (Å²) in [5.41, 5.74) is 6.67. The number of halogens is 1. The summed E-state index contributed by atoms with van der Waals surface area (Å²) in [5.74, 6) is -0.202. The third kappa shape index (κ3) is 3.54. The van der Waals surface area contributed by atoms with Gasteiger partial charge in [-0.25, -0.2) is 0 Å². The Balaban J connectivity index is 1.80. The van der Waals surface area contributed by atoms with Crippen molar-refractivity contribution >= 4 is 21.9 Å². The van der Waals surface area contributed by atoms with Crippen molar-refractivity contribution in [3.8, 4) is 0 Å². The Morgan fingerprint density at radius 2 is 2.24 bits per heavy atom. The summed E-state index contributed by atoms with van der Waals surface area (Å²) in [6.45, 7) is 0.314. The number of hydrogen-bond donors (Lipinski definition) is 1. The van der Waals surface area contributed by atoms with Crippen molar-refractivity contribution in [2.75, 3.05) is 0 Å². The minimum atomic E-state index is -0.297. The molecule has 0 aliphatic heterocycles. The molecule has 0 atom stereocenters. The van der Waals surface area contributed by atoms with E-state index in [1.165, 1.54) is 0 Å². The van der Waals surface area contributed by atoms with Gasteiger partial charge in [-0.05, 0) is 37.0 Å². The van der Waals surface area contributed by atoms with E-state index in [-0.39, 0.29) is 11.5 Å². The van der Waals surface area contributed by atoms with Gasteiger partial charge in [-0.3, -0.25) is 4.79 Å². The third-order valence-corrected chi connectivity index (χ3v) is 3.63. The highest BCUT2D eigenvalue weighted by Crippen LogP contribution is 2.32. The van der Waals surface area contributed by atoms with E-state index in [4.69, 9.17) is 10.5 Å². The Morgan fingerprint density at radius 1 is 1.47 bits per heavy atom. The number of benzene rings is 1. The summed E-state index contributed by atoms with van der Waals surface area (Å²) in [7, 11) is 0. The molecule has 1 aromatic carbocycles. The second kappa shape index (κ2) is 5.19. The van der Waals surface area contributed by atoms with E-state index in [1.807, 2.05) is 24.3 Å². The van der Waals surface area contributed by atoms with Crippen LogP contribution < -0.4 is 5.73 Å². The number of carbonyl (C=O) groups excluding carboxylic acids is 1. The number of rotatable bonds is 4. The van der Waals surface area contributed by atoms with Crippen LogP contribution in [0.5, 0.6) is 0 Å². The highest BCUT2D eigenvalue weighted by atomic mass is 79.9.